The van der Waals surface area contributed by atoms with Crippen molar-refractivity contribution in [1.82, 2.24) is 9.80 Å². The van der Waals surface area contributed by atoms with E-state index in [1.807, 2.05) is 11.8 Å². The maximum atomic E-state index is 12.8. The molecule has 134 valence electrons. The molecular formula is C20H20N2O4. The van der Waals surface area contributed by atoms with Crippen LogP contribution in [-0.4, -0.2) is 40.1 Å². The highest BCUT2D eigenvalue weighted by Crippen LogP contribution is 2.27. The van der Waals surface area contributed by atoms with Crippen molar-refractivity contribution in [2.24, 2.45) is 0 Å². The van der Waals surface area contributed by atoms with Crippen LogP contribution in [0.1, 0.15) is 63.0 Å². The van der Waals surface area contributed by atoms with E-state index >= 15 is 0 Å². The average molecular weight is 352 g/mol. The van der Waals surface area contributed by atoms with E-state index in [0.717, 1.165) is 30.7 Å². The minimum Gasteiger partial charge on any atom is -0.467 e. The van der Waals surface area contributed by atoms with Gasteiger partial charge in [-0.15, -0.1) is 0 Å². The monoisotopic (exact) mass is 352 g/mol. The number of piperidine rings is 1. The molecule has 0 unspecified atom stereocenters. The summed E-state index contributed by atoms with van der Waals surface area (Å²) in [5.41, 5.74) is 1.08. The number of hydrogen-bond donors (Lipinski definition) is 0. The lowest BCUT2D eigenvalue weighted by Gasteiger charge is -2.33. The SMILES string of the molecule is C[C@@H]1CCCCN1C(=O)c1ccc2c(c1)C(=O)N(Cc1ccco1)C2=O. The summed E-state index contributed by atoms with van der Waals surface area (Å²) in [6.45, 7) is 2.87. The number of carbonyl (C=O) groups excluding carboxylic acids is 3. The minimum atomic E-state index is -0.386. The first-order valence-electron chi connectivity index (χ1n) is 8.90. The molecule has 6 nitrogen and oxygen atoms in total. The fourth-order valence-electron chi connectivity index (χ4n) is 3.69. The molecular weight excluding hydrogens is 332 g/mol. The quantitative estimate of drug-likeness (QED) is 0.796. The molecule has 6 heteroatoms. The number of amides is 3. The normalized spacial score (nSPS) is 19.8. The van der Waals surface area contributed by atoms with E-state index in [-0.39, 0.29) is 35.9 Å². The molecule has 0 aliphatic carbocycles. The van der Waals surface area contributed by atoms with Crippen LogP contribution in [0, 0.1) is 0 Å². The third-order valence-corrected chi connectivity index (χ3v) is 5.18. The summed E-state index contributed by atoms with van der Waals surface area (Å²) in [4.78, 5) is 41.1. The zero-order valence-electron chi connectivity index (χ0n) is 14.6. The summed E-state index contributed by atoms with van der Waals surface area (Å²) in [5.74, 6) is -0.280. The second-order valence-electron chi connectivity index (χ2n) is 6.88. The average Bonchev–Trinajstić information content (AvgIpc) is 3.25. The first kappa shape index (κ1) is 16.6. The van der Waals surface area contributed by atoms with E-state index < -0.39 is 0 Å². The van der Waals surface area contributed by atoms with Gasteiger partial charge in [-0.05, 0) is 56.5 Å². The topological polar surface area (TPSA) is 70.8 Å². The van der Waals surface area contributed by atoms with Crippen molar-refractivity contribution in [2.45, 2.75) is 38.8 Å². The van der Waals surface area contributed by atoms with Gasteiger partial charge in [-0.2, -0.15) is 0 Å². The molecule has 0 bridgehead atoms. The Labute approximate surface area is 151 Å². The molecule has 26 heavy (non-hydrogen) atoms. The first-order chi connectivity index (χ1) is 12.6. The molecule has 1 fully saturated rings. The molecule has 2 aliphatic rings. The highest BCUT2D eigenvalue weighted by atomic mass is 16.3. The second-order valence-corrected chi connectivity index (χ2v) is 6.88. The lowest BCUT2D eigenvalue weighted by atomic mass is 10.0. The zero-order chi connectivity index (χ0) is 18.3. The molecule has 1 aromatic carbocycles. The number of hydrogen-bond acceptors (Lipinski definition) is 4. The Morgan fingerprint density at radius 2 is 1.96 bits per heavy atom. The molecule has 1 aromatic heterocycles. The van der Waals surface area contributed by atoms with Gasteiger partial charge >= 0.3 is 0 Å². The maximum absolute atomic E-state index is 12.8. The van der Waals surface area contributed by atoms with Crippen LogP contribution >= 0.6 is 0 Å². The number of furan rings is 1. The number of benzene rings is 1. The Bertz CT molecular complexity index is 872. The van der Waals surface area contributed by atoms with Gasteiger partial charge < -0.3 is 9.32 Å². The lowest BCUT2D eigenvalue weighted by Crippen LogP contribution is -2.42. The number of nitrogens with zero attached hydrogens (tertiary/aromatic N) is 2. The summed E-state index contributed by atoms with van der Waals surface area (Å²) in [7, 11) is 0. The van der Waals surface area contributed by atoms with E-state index in [9.17, 15) is 14.4 Å². The smallest absolute Gasteiger partial charge is 0.261 e. The molecule has 2 aromatic rings. The van der Waals surface area contributed by atoms with E-state index in [4.69, 9.17) is 4.42 Å². The number of carbonyl (C=O) groups is 3. The van der Waals surface area contributed by atoms with Gasteiger partial charge in [0.2, 0.25) is 0 Å². The van der Waals surface area contributed by atoms with Gasteiger partial charge in [0, 0.05) is 18.2 Å². The molecule has 0 saturated carbocycles. The van der Waals surface area contributed by atoms with Crippen LogP contribution in [0.15, 0.2) is 41.0 Å². The van der Waals surface area contributed by atoms with Gasteiger partial charge in [0.05, 0.1) is 23.9 Å². The highest BCUT2D eigenvalue weighted by Gasteiger charge is 2.37. The zero-order valence-corrected chi connectivity index (χ0v) is 14.6. The molecule has 0 N–H and O–H groups in total. The Morgan fingerprint density at radius 3 is 2.69 bits per heavy atom. The van der Waals surface area contributed by atoms with E-state index in [1.165, 1.54) is 6.26 Å². The summed E-state index contributed by atoms with van der Waals surface area (Å²) in [6, 6.07) is 8.41. The van der Waals surface area contributed by atoms with Gasteiger partial charge in [0.1, 0.15) is 5.76 Å². The number of rotatable bonds is 3. The Balaban J connectivity index is 1.60. The molecule has 0 spiro atoms. The van der Waals surface area contributed by atoms with E-state index in [1.54, 1.807) is 30.3 Å². The van der Waals surface area contributed by atoms with Crippen molar-refractivity contribution in [3.8, 4) is 0 Å². The van der Waals surface area contributed by atoms with Gasteiger partial charge in [-0.3, -0.25) is 19.3 Å². The minimum absolute atomic E-state index is 0.0790. The van der Waals surface area contributed by atoms with Crippen LogP contribution in [0.25, 0.3) is 0 Å². The first-order valence-corrected chi connectivity index (χ1v) is 8.90. The molecule has 0 radical (unpaired) electrons. The Hall–Kier alpha value is -2.89. The van der Waals surface area contributed by atoms with Crippen molar-refractivity contribution in [3.05, 3.63) is 59.0 Å². The van der Waals surface area contributed by atoms with Crippen LogP contribution in [-0.2, 0) is 6.54 Å². The molecule has 1 saturated heterocycles. The number of fused-ring (bicyclic) bond motifs is 1. The predicted molar refractivity (Wildman–Crippen MR) is 93.7 cm³/mol. The predicted octanol–water partition coefficient (Wildman–Crippen LogP) is 3.09. The Morgan fingerprint density at radius 1 is 1.15 bits per heavy atom. The molecule has 1 atom stereocenters. The van der Waals surface area contributed by atoms with Gasteiger partial charge in [0.25, 0.3) is 17.7 Å². The van der Waals surface area contributed by atoms with Crippen LogP contribution < -0.4 is 0 Å². The fourth-order valence-corrected chi connectivity index (χ4v) is 3.69. The molecule has 4 rings (SSSR count). The third kappa shape index (κ3) is 2.71. The summed E-state index contributed by atoms with van der Waals surface area (Å²) in [5, 5.41) is 0. The maximum Gasteiger partial charge on any atom is 0.261 e. The number of likely N-dealkylation sites (tertiary alicyclic amines) is 1. The van der Waals surface area contributed by atoms with Crippen LogP contribution in [0.5, 0.6) is 0 Å². The largest absolute Gasteiger partial charge is 0.467 e. The summed E-state index contributed by atoms with van der Waals surface area (Å²) < 4.78 is 5.24. The fraction of sp³-hybridized carbons (Fsp3) is 0.350. The third-order valence-electron chi connectivity index (χ3n) is 5.18. The van der Waals surface area contributed by atoms with Gasteiger partial charge in [-0.1, -0.05) is 0 Å². The van der Waals surface area contributed by atoms with Crippen LogP contribution in [0.2, 0.25) is 0 Å². The van der Waals surface area contributed by atoms with Gasteiger partial charge in [0.15, 0.2) is 0 Å². The van der Waals surface area contributed by atoms with Crippen molar-refractivity contribution in [2.75, 3.05) is 6.54 Å². The molecule has 3 heterocycles. The van der Waals surface area contributed by atoms with E-state index in [2.05, 4.69) is 0 Å². The highest BCUT2D eigenvalue weighted by molar-refractivity contribution is 6.22. The standard InChI is InChI=1S/C20H20N2O4/c1-13-5-2-3-9-21(13)18(23)14-7-8-16-17(11-14)20(25)22(19(16)24)12-15-6-4-10-26-15/h4,6-8,10-11,13H,2-3,5,9,12H2,1H3/t13-/m1/s1. The summed E-state index contributed by atoms with van der Waals surface area (Å²) >= 11 is 0. The van der Waals surface area contributed by atoms with Crippen LogP contribution in [0.3, 0.4) is 0 Å². The molecule has 3 amide bonds. The van der Waals surface area contributed by atoms with E-state index in [0.29, 0.717) is 16.9 Å². The van der Waals surface area contributed by atoms with Crippen molar-refractivity contribution in [3.63, 3.8) is 0 Å². The molecule has 2 aliphatic heterocycles. The van der Waals surface area contributed by atoms with Crippen molar-refractivity contribution < 1.29 is 18.8 Å². The summed E-state index contributed by atoms with van der Waals surface area (Å²) in [6.07, 6.45) is 4.62. The number of imide groups is 1. The van der Waals surface area contributed by atoms with Crippen molar-refractivity contribution >= 4 is 17.7 Å². The van der Waals surface area contributed by atoms with Crippen LogP contribution in [0.4, 0.5) is 0 Å². The Kier molecular flexibility index (Phi) is 4.11. The second kappa shape index (κ2) is 6.44. The van der Waals surface area contributed by atoms with Crippen molar-refractivity contribution in [1.29, 1.82) is 0 Å². The van der Waals surface area contributed by atoms with Gasteiger partial charge in [-0.25, -0.2) is 0 Å². The lowest BCUT2D eigenvalue weighted by molar-refractivity contribution is 0.0626.